The number of halogens is 6. The summed E-state index contributed by atoms with van der Waals surface area (Å²) in [6.45, 7) is 1.84. The van der Waals surface area contributed by atoms with Gasteiger partial charge in [0.05, 0.1) is 0 Å². The third-order valence-corrected chi connectivity index (χ3v) is 0.464. The molecule has 2 nitrogen and oxygen atoms in total. The van der Waals surface area contributed by atoms with Crippen molar-refractivity contribution >= 4 is 5.97 Å². The summed E-state index contributed by atoms with van der Waals surface area (Å²) in [6.07, 6.45) is 1.02. The largest absolute Gasteiger partial charge is 0.481 e. The number of carboxylic acids is 1. The van der Waals surface area contributed by atoms with Crippen LogP contribution in [0.1, 0.15) is 19.8 Å². The SMILES string of the molecule is CCCC(=O)O.F.F.F.F.F.F. The topological polar surface area (TPSA) is 37.3 Å². The summed E-state index contributed by atoms with van der Waals surface area (Å²) in [5.41, 5.74) is 0. The summed E-state index contributed by atoms with van der Waals surface area (Å²) in [5, 5.41) is 7.91. The minimum atomic E-state index is -0.711. The fourth-order valence-electron chi connectivity index (χ4n) is 0.214. The first kappa shape index (κ1) is 68.0. The van der Waals surface area contributed by atoms with Crippen LogP contribution in [0.3, 0.4) is 0 Å². The molecular formula is C4H14F6O2. The highest BCUT2D eigenvalue weighted by atomic mass is 19.0. The predicted octanol–water partition coefficient (Wildman–Crippen LogP) is 1.79. The minimum absolute atomic E-state index is 0. The fourth-order valence-corrected chi connectivity index (χ4v) is 0.214. The lowest BCUT2D eigenvalue weighted by molar-refractivity contribution is -0.137. The molecule has 0 unspecified atom stereocenters. The third kappa shape index (κ3) is 140. The van der Waals surface area contributed by atoms with Crippen LogP contribution >= 0.6 is 0 Å². The van der Waals surface area contributed by atoms with Gasteiger partial charge >= 0.3 is 5.97 Å². The molecule has 0 bridgehead atoms. The van der Waals surface area contributed by atoms with Crippen LogP contribution in [0.2, 0.25) is 0 Å². The molecule has 0 aliphatic rings. The van der Waals surface area contributed by atoms with Crippen LogP contribution in [0.25, 0.3) is 0 Å². The van der Waals surface area contributed by atoms with E-state index in [-0.39, 0.29) is 28.2 Å². The Morgan fingerprint density at radius 2 is 1.25 bits per heavy atom. The van der Waals surface area contributed by atoms with Crippen molar-refractivity contribution in [3.63, 3.8) is 0 Å². The van der Waals surface area contributed by atoms with Gasteiger partial charge in [0.1, 0.15) is 0 Å². The Labute approximate surface area is 65.2 Å². The second kappa shape index (κ2) is 50.2. The second-order valence-corrected chi connectivity index (χ2v) is 1.14. The monoisotopic (exact) mass is 208 g/mol. The molecule has 0 heterocycles. The molecule has 84 valence electrons. The molecule has 12 heavy (non-hydrogen) atoms. The van der Waals surface area contributed by atoms with E-state index in [4.69, 9.17) is 5.11 Å². The van der Waals surface area contributed by atoms with Crippen LogP contribution < -0.4 is 0 Å². The van der Waals surface area contributed by atoms with E-state index in [0.29, 0.717) is 6.42 Å². The van der Waals surface area contributed by atoms with Crippen LogP contribution in [0, 0.1) is 0 Å². The summed E-state index contributed by atoms with van der Waals surface area (Å²) >= 11 is 0. The second-order valence-electron chi connectivity index (χ2n) is 1.14. The summed E-state index contributed by atoms with van der Waals surface area (Å²) in [6, 6.07) is 0. The highest BCUT2D eigenvalue weighted by molar-refractivity contribution is 5.66. The number of rotatable bonds is 2. The van der Waals surface area contributed by atoms with Gasteiger partial charge in [0, 0.05) is 6.42 Å². The Morgan fingerprint density at radius 3 is 1.25 bits per heavy atom. The molecule has 0 aromatic heterocycles. The highest BCUT2D eigenvalue weighted by Crippen LogP contribution is 1.82. The van der Waals surface area contributed by atoms with Crippen molar-refractivity contribution in [1.82, 2.24) is 0 Å². The van der Waals surface area contributed by atoms with Crippen molar-refractivity contribution in [2.45, 2.75) is 19.8 Å². The van der Waals surface area contributed by atoms with Gasteiger partial charge in [0.15, 0.2) is 0 Å². The Morgan fingerprint density at radius 1 is 1.00 bits per heavy atom. The van der Waals surface area contributed by atoms with E-state index < -0.39 is 5.97 Å². The smallest absolute Gasteiger partial charge is 0.303 e. The van der Waals surface area contributed by atoms with Gasteiger partial charge in [0.25, 0.3) is 0 Å². The molecular weight excluding hydrogens is 194 g/mol. The lowest BCUT2D eigenvalue weighted by Gasteiger charge is -1.79. The number of carboxylic acid groups (broad SMARTS) is 1. The molecule has 0 amide bonds. The molecule has 1 N–H and O–H groups in total. The summed E-state index contributed by atoms with van der Waals surface area (Å²) in [5.74, 6) is -0.711. The van der Waals surface area contributed by atoms with E-state index in [0.717, 1.165) is 6.42 Å². The van der Waals surface area contributed by atoms with Gasteiger partial charge in [0.2, 0.25) is 0 Å². The molecule has 0 aliphatic heterocycles. The zero-order valence-electron chi connectivity index (χ0n) is 6.22. The van der Waals surface area contributed by atoms with Gasteiger partial charge in [-0.3, -0.25) is 33.0 Å². The molecule has 0 atom stereocenters. The molecule has 8 heteroatoms. The lowest BCUT2D eigenvalue weighted by atomic mass is 10.4. The summed E-state index contributed by atoms with van der Waals surface area (Å²) < 4.78 is 0. The van der Waals surface area contributed by atoms with Crippen LogP contribution in [0.4, 0.5) is 28.2 Å². The first-order chi connectivity index (χ1) is 2.77. The number of aliphatic carboxylic acids is 1. The maximum absolute atomic E-state index is 9.60. The molecule has 0 spiro atoms. The average molecular weight is 208 g/mol. The van der Waals surface area contributed by atoms with E-state index in [2.05, 4.69) is 0 Å². The van der Waals surface area contributed by atoms with Gasteiger partial charge in [-0.15, -0.1) is 0 Å². The number of carbonyl (C=O) groups is 1. The van der Waals surface area contributed by atoms with Crippen LogP contribution in [-0.4, -0.2) is 11.1 Å². The van der Waals surface area contributed by atoms with Gasteiger partial charge in [-0.05, 0) is 6.42 Å². The maximum atomic E-state index is 9.60. The van der Waals surface area contributed by atoms with Crippen molar-refractivity contribution in [3.05, 3.63) is 0 Å². The fraction of sp³-hybridized carbons (Fsp3) is 0.750. The van der Waals surface area contributed by atoms with E-state index in [1.807, 2.05) is 6.92 Å². The molecule has 0 fully saturated rings. The maximum Gasteiger partial charge on any atom is 0.303 e. The number of hydrogen-bond donors (Lipinski definition) is 1. The molecule has 0 saturated carbocycles. The van der Waals surface area contributed by atoms with E-state index in [1.54, 1.807) is 0 Å². The van der Waals surface area contributed by atoms with Crippen LogP contribution in [0.15, 0.2) is 0 Å². The van der Waals surface area contributed by atoms with Crippen LogP contribution in [-0.2, 0) is 4.79 Å². The van der Waals surface area contributed by atoms with Gasteiger partial charge in [-0.2, -0.15) is 0 Å². The van der Waals surface area contributed by atoms with Crippen molar-refractivity contribution in [2.75, 3.05) is 0 Å². The highest BCUT2D eigenvalue weighted by Gasteiger charge is 1.87. The van der Waals surface area contributed by atoms with Gasteiger partial charge in [-0.25, -0.2) is 0 Å². The molecule has 0 rings (SSSR count). The zero-order valence-corrected chi connectivity index (χ0v) is 6.22. The summed E-state index contributed by atoms with van der Waals surface area (Å²) in [4.78, 5) is 9.60. The third-order valence-electron chi connectivity index (χ3n) is 0.464. The van der Waals surface area contributed by atoms with Gasteiger partial charge < -0.3 is 5.11 Å². The van der Waals surface area contributed by atoms with Gasteiger partial charge in [-0.1, -0.05) is 6.92 Å². The zero-order chi connectivity index (χ0) is 4.99. The Kier molecular flexibility index (Phi) is 285. The molecule has 0 aromatic rings. The van der Waals surface area contributed by atoms with Crippen molar-refractivity contribution in [2.24, 2.45) is 0 Å². The minimum Gasteiger partial charge on any atom is -0.481 e. The lowest BCUT2D eigenvalue weighted by Crippen LogP contribution is -1.90. The molecule has 0 saturated heterocycles. The van der Waals surface area contributed by atoms with E-state index >= 15 is 0 Å². The normalized spacial score (nSPS) is 4.08. The van der Waals surface area contributed by atoms with E-state index in [1.165, 1.54) is 0 Å². The molecule has 0 aliphatic carbocycles. The summed E-state index contributed by atoms with van der Waals surface area (Å²) in [7, 11) is 0. The van der Waals surface area contributed by atoms with E-state index in [9.17, 15) is 4.79 Å². The Bertz CT molecular complexity index is 61.5. The predicted molar refractivity (Wildman–Crippen MR) is 37.6 cm³/mol. The Hall–Kier alpha value is -0.950. The van der Waals surface area contributed by atoms with Crippen LogP contribution in [0.5, 0.6) is 0 Å². The quantitative estimate of drug-likeness (QED) is 0.702. The van der Waals surface area contributed by atoms with Crippen molar-refractivity contribution in [1.29, 1.82) is 0 Å². The first-order valence-electron chi connectivity index (χ1n) is 1.99. The van der Waals surface area contributed by atoms with Crippen molar-refractivity contribution in [3.8, 4) is 0 Å². The number of hydrogen-bond acceptors (Lipinski definition) is 1. The van der Waals surface area contributed by atoms with Crippen molar-refractivity contribution < 1.29 is 38.1 Å². The first-order valence-corrected chi connectivity index (χ1v) is 1.99. The molecule has 0 aromatic carbocycles. The average Bonchev–Trinajstić information content (AvgIpc) is 1.35. The standard InChI is InChI=1S/C4H8O2.6FH/c1-2-3-4(5)6;;;;;;/h2-3H2,1H3,(H,5,6);6*1H. The molecule has 0 radical (unpaired) electrons. The Balaban J connectivity index is -0.00000000833.